The second-order valence-corrected chi connectivity index (χ2v) is 9.47. The molecule has 6 nitrogen and oxygen atoms in total. The minimum absolute atomic E-state index is 0.110. The minimum atomic E-state index is -3.22. The third-order valence-corrected chi connectivity index (χ3v) is 6.98. The zero-order valence-corrected chi connectivity index (χ0v) is 16.8. The Labute approximate surface area is 156 Å². The van der Waals surface area contributed by atoms with Crippen molar-refractivity contribution in [3.05, 3.63) is 29.3 Å². The van der Waals surface area contributed by atoms with E-state index < -0.39 is 10.0 Å². The van der Waals surface area contributed by atoms with E-state index in [-0.39, 0.29) is 11.8 Å². The van der Waals surface area contributed by atoms with Crippen LogP contribution in [-0.2, 0) is 14.8 Å². The summed E-state index contributed by atoms with van der Waals surface area (Å²) < 4.78 is 25.0. The number of carbonyl (C=O) groups excluding carboxylic acids is 1. The number of aryl methyl sites for hydroxylation is 1. The molecule has 2 fully saturated rings. The van der Waals surface area contributed by atoms with E-state index in [1.807, 2.05) is 4.90 Å². The van der Waals surface area contributed by atoms with E-state index in [1.54, 1.807) is 0 Å². The van der Waals surface area contributed by atoms with E-state index >= 15 is 0 Å². The molecule has 1 aromatic carbocycles. The van der Waals surface area contributed by atoms with Crippen LogP contribution in [0.3, 0.4) is 0 Å². The predicted molar refractivity (Wildman–Crippen MR) is 104 cm³/mol. The number of amides is 1. The van der Waals surface area contributed by atoms with E-state index in [0.717, 1.165) is 25.9 Å². The first-order valence-corrected chi connectivity index (χ1v) is 11.2. The number of carbonyl (C=O) groups is 1. The van der Waals surface area contributed by atoms with Gasteiger partial charge in [0.2, 0.25) is 15.9 Å². The van der Waals surface area contributed by atoms with Crippen LogP contribution in [0.15, 0.2) is 18.2 Å². The lowest BCUT2D eigenvalue weighted by Gasteiger charge is -2.39. The van der Waals surface area contributed by atoms with Gasteiger partial charge in [0.05, 0.1) is 12.2 Å². The van der Waals surface area contributed by atoms with E-state index in [2.05, 4.69) is 36.9 Å². The number of anilines is 1. The summed E-state index contributed by atoms with van der Waals surface area (Å²) in [6.45, 7) is 8.15. The number of hydrogen-bond acceptors (Lipinski definition) is 4. The maximum atomic E-state index is 12.9. The molecule has 1 aromatic rings. The van der Waals surface area contributed by atoms with Gasteiger partial charge in [-0.3, -0.25) is 4.79 Å². The average Bonchev–Trinajstić information content (AvgIpc) is 2.63. The Morgan fingerprint density at radius 3 is 2.42 bits per heavy atom. The molecule has 144 valence electrons. The predicted octanol–water partition coefficient (Wildman–Crippen LogP) is 1.62. The summed E-state index contributed by atoms with van der Waals surface area (Å²) >= 11 is 0. The summed E-state index contributed by atoms with van der Waals surface area (Å²) in [6, 6.07) is 6.34. The van der Waals surface area contributed by atoms with Crippen LogP contribution in [0.2, 0.25) is 0 Å². The lowest BCUT2D eigenvalue weighted by Crippen LogP contribution is -2.53. The molecule has 3 rings (SSSR count). The zero-order valence-electron chi connectivity index (χ0n) is 15.9. The Morgan fingerprint density at radius 1 is 1.08 bits per heavy atom. The largest absolute Gasteiger partial charge is 0.368 e. The lowest BCUT2D eigenvalue weighted by molar-refractivity contribution is -0.137. The lowest BCUT2D eigenvalue weighted by atomic mass is 9.97. The van der Waals surface area contributed by atoms with Crippen molar-refractivity contribution in [2.45, 2.75) is 26.7 Å². The van der Waals surface area contributed by atoms with Gasteiger partial charge in [0.25, 0.3) is 0 Å². The van der Waals surface area contributed by atoms with Gasteiger partial charge in [-0.05, 0) is 43.9 Å². The summed E-state index contributed by atoms with van der Waals surface area (Å²) in [5, 5.41) is 0. The number of piperidine rings is 1. The van der Waals surface area contributed by atoms with Crippen molar-refractivity contribution in [3.63, 3.8) is 0 Å². The minimum Gasteiger partial charge on any atom is -0.368 e. The fourth-order valence-corrected chi connectivity index (χ4v) is 4.86. The molecule has 0 aliphatic carbocycles. The third kappa shape index (κ3) is 4.04. The molecular weight excluding hydrogens is 350 g/mol. The van der Waals surface area contributed by atoms with Gasteiger partial charge in [0, 0.05) is 45.0 Å². The van der Waals surface area contributed by atoms with Crippen molar-refractivity contribution in [3.8, 4) is 0 Å². The molecule has 1 atom stereocenters. The monoisotopic (exact) mass is 379 g/mol. The molecule has 0 aromatic heterocycles. The average molecular weight is 380 g/mol. The fraction of sp³-hybridized carbons (Fsp3) is 0.632. The highest BCUT2D eigenvalue weighted by atomic mass is 32.2. The van der Waals surface area contributed by atoms with Crippen LogP contribution in [0.25, 0.3) is 0 Å². The van der Waals surface area contributed by atoms with Crippen LogP contribution in [0.5, 0.6) is 0 Å². The van der Waals surface area contributed by atoms with Crippen LogP contribution in [0.4, 0.5) is 5.69 Å². The Hall–Kier alpha value is -1.60. The third-order valence-electron chi connectivity index (χ3n) is 5.71. The number of benzene rings is 1. The first-order chi connectivity index (χ1) is 12.3. The first kappa shape index (κ1) is 19.2. The molecule has 2 aliphatic heterocycles. The molecule has 1 amide bonds. The van der Waals surface area contributed by atoms with Crippen molar-refractivity contribution in [2.75, 3.05) is 50.4 Å². The smallest absolute Gasteiger partial charge is 0.227 e. The van der Waals surface area contributed by atoms with Crippen LogP contribution < -0.4 is 4.90 Å². The van der Waals surface area contributed by atoms with Crippen molar-refractivity contribution in [1.82, 2.24) is 9.21 Å². The van der Waals surface area contributed by atoms with Crippen molar-refractivity contribution < 1.29 is 13.2 Å². The van der Waals surface area contributed by atoms with Gasteiger partial charge in [-0.15, -0.1) is 0 Å². The summed E-state index contributed by atoms with van der Waals surface area (Å²) in [7, 11) is -3.22. The van der Waals surface area contributed by atoms with Crippen LogP contribution >= 0.6 is 0 Å². The first-order valence-electron chi connectivity index (χ1n) is 9.32. The topological polar surface area (TPSA) is 60.9 Å². The van der Waals surface area contributed by atoms with E-state index in [1.165, 1.54) is 27.4 Å². The number of piperazine rings is 1. The second kappa shape index (κ2) is 7.56. The Morgan fingerprint density at radius 2 is 1.77 bits per heavy atom. The van der Waals surface area contributed by atoms with Crippen LogP contribution in [0, 0.1) is 19.8 Å². The molecule has 0 N–H and O–H groups in total. The molecule has 0 bridgehead atoms. The molecule has 2 heterocycles. The summed E-state index contributed by atoms with van der Waals surface area (Å²) in [6.07, 6.45) is 2.76. The maximum absolute atomic E-state index is 12.9. The standard InChI is InChI=1S/C19H29N3O3S/c1-15-6-4-8-18(16(15)2)20-10-12-21(13-11-20)19(23)17-7-5-9-22(14-17)26(3,24)25/h4,6,8,17H,5,7,9-14H2,1-3H3. The van der Waals surface area contributed by atoms with Gasteiger partial charge in [-0.2, -0.15) is 0 Å². The highest BCUT2D eigenvalue weighted by Crippen LogP contribution is 2.25. The molecular formula is C19H29N3O3S. The fourth-order valence-electron chi connectivity index (χ4n) is 3.95. The van der Waals surface area contributed by atoms with E-state index in [0.29, 0.717) is 26.2 Å². The van der Waals surface area contributed by atoms with Gasteiger partial charge in [-0.1, -0.05) is 12.1 Å². The van der Waals surface area contributed by atoms with Gasteiger partial charge in [0.15, 0.2) is 0 Å². The van der Waals surface area contributed by atoms with Crippen LogP contribution in [-0.4, -0.2) is 69.1 Å². The molecule has 26 heavy (non-hydrogen) atoms. The summed E-state index contributed by atoms with van der Waals surface area (Å²) in [4.78, 5) is 17.1. The molecule has 0 spiro atoms. The molecule has 2 saturated heterocycles. The van der Waals surface area contributed by atoms with Crippen LogP contribution in [0.1, 0.15) is 24.0 Å². The SMILES string of the molecule is Cc1cccc(N2CCN(C(=O)C3CCCN(S(C)(=O)=O)C3)CC2)c1C. The number of nitrogens with zero attached hydrogens (tertiary/aromatic N) is 3. The molecule has 7 heteroatoms. The van der Waals surface area contributed by atoms with E-state index in [4.69, 9.17) is 0 Å². The van der Waals surface area contributed by atoms with Crippen molar-refractivity contribution in [2.24, 2.45) is 5.92 Å². The Kier molecular flexibility index (Phi) is 5.58. The Balaban J connectivity index is 1.61. The Bertz CT molecular complexity index is 770. The van der Waals surface area contributed by atoms with E-state index in [9.17, 15) is 13.2 Å². The number of sulfonamides is 1. The highest BCUT2D eigenvalue weighted by molar-refractivity contribution is 7.88. The normalized spacial score (nSPS) is 22.5. The number of rotatable bonds is 3. The van der Waals surface area contributed by atoms with Crippen molar-refractivity contribution in [1.29, 1.82) is 0 Å². The second-order valence-electron chi connectivity index (χ2n) is 7.49. The van der Waals surface area contributed by atoms with Crippen molar-refractivity contribution >= 4 is 21.6 Å². The van der Waals surface area contributed by atoms with Gasteiger partial charge in [0.1, 0.15) is 0 Å². The summed E-state index contributed by atoms with van der Waals surface area (Å²) in [5.74, 6) is -0.0929. The van der Waals surface area contributed by atoms with Gasteiger partial charge >= 0.3 is 0 Å². The highest BCUT2D eigenvalue weighted by Gasteiger charge is 2.33. The molecule has 1 unspecified atom stereocenters. The van der Waals surface area contributed by atoms with Gasteiger partial charge < -0.3 is 9.80 Å². The summed E-state index contributed by atoms with van der Waals surface area (Å²) in [5.41, 5.74) is 3.82. The maximum Gasteiger partial charge on any atom is 0.227 e. The zero-order chi connectivity index (χ0) is 18.9. The molecule has 2 aliphatic rings. The molecule has 0 radical (unpaired) electrons. The van der Waals surface area contributed by atoms with Gasteiger partial charge in [-0.25, -0.2) is 12.7 Å². The number of hydrogen-bond donors (Lipinski definition) is 0. The quantitative estimate of drug-likeness (QED) is 0.801. The molecule has 0 saturated carbocycles.